The van der Waals surface area contributed by atoms with Gasteiger partial charge >= 0.3 is 0 Å². The summed E-state index contributed by atoms with van der Waals surface area (Å²) in [5, 5.41) is 0. The maximum absolute atomic E-state index is 12.7. The van der Waals surface area contributed by atoms with E-state index < -0.39 is 0 Å². The average Bonchev–Trinajstić information content (AvgIpc) is 2.98. The number of hydrogen-bond donors (Lipinski definition) is 1. The molecule has 0 radical (unpaired) electrons. The Bertz CT molecular complexity index is 442. The number of nitrogens with zero attached hydrogens (tertiary/aromatic N) is 1. The fourth-order valence-electron chi connectivity index (χ4n) is 2.67. The summed E-state index contributed by atoms with van der Waals surface area (Å²) in [5.74, 6) is 0.587. The van der Waals surface area contributed by atoms with Gasteiger partial charge in [0.1, 0.15) is 0 Å². The van der Waals surface area contributed by atoms with Crippen molar-refractivity contribution in [2.24, 2.45) is 11.7 Å². The zero-order valence-electron chi connectivity index (χ0n) is 12.2. The lowest BCUT2D eigenvalue weighted by molar-refractivity contribution is 0.0729. The molecule has 0 spiro atoms. The van der Waals surface area contributed by atoms with Crippen molar-refractivity contribution in [3.05, 3.63) is 35.4 Å². The molecule has 1 heterocycles. The average molecular weight is 276 g/mol. The zero-order chi connectivity index (χ0) is 14.4. The fourth-order valence-corrected chi connectivity index (χ4v) is 2.67. The van der Waals surface area contributed by atoms with Crippen LogP contribution in [0.2, 0.25) is 0 Å². The van der Waals surface area contributed by atoms with E-state index in [2.05, 4.69) is 0 Å². The number of benzene rings is 1. The van der Waals surface area contributed by atoms with Crippen molar-refractivity contribution in [2.45, 2.75) is 19.8 Å². The largest absolute Gasteiger partial charge is 0.381 e. The van der Waals surface area contributed by atoms with Crippen molar-refractivity contribution in [3.8, 4) is 0 Å². The van der Waals surface area contributed by atoms with Crippen LogP contribution in [0.15, 0.2) is 24.3 Å². The van der Waals surface area contributed by atoms with Crippen molar-refractivity contribution in [2.75, 3.05) is 32.8 Å². The first-order chi connectivity index (χ1) is 9.76. The second kappa shape index (κ2) is 7.41. The highest BCUT2D eigenvalue weighted by Gasteiger charge is 2.23. The highest BCUT2D eigenvalue weighted by molar-refractivity contribution is 5.95. The van der Waals surface area contributed by atoms with Crippen LogP contribution >= 0.6 is 0 Å². The number of carbonyl (C=O) groups is 1. The summed E-state index contributed by atoms with van der Waals surface area (Å²) in [7, 11) is 0. The first-order valence-electron chi connectivity index (χ1n) is 7.41. The second-order valence-corrected chi connectivity index (χ2v) is 5.27. The first-order valence-corrected chi connectivity index (χ1v) is 7.41. The molecule has 1 unspecified atom stereocenters. The summed E-state index contributed by atoms with van der Waals surface area (Å²) in [6.07, 6.45) is 1.79. The second-order valence-electron chi connectivity index (χ2n) is 5.27. The monoisotopic (exact) mass is 276 g/mol. The Morgan fingerprint density at radius 2 is 2.25 bits per heavy atom. The lowest BCUT2D eigenvalue weighted by Gasteiger charge is -2.24. The maximum atomic E-state index is 12.7. The van der Waals surface area contributed by atoms with Crippen molar-refractivity contribution in [3.63, 3.8) is 0 Å². The van der Waals surface area contributed by atoms with E-state index in [1.165, 1.54) is 0 Å². The van der Waals surface area contributed by atoms with E-state index in [1.807, 2.05) is 36.1 Å². The van der Waals surface area contributed by atoms with Gasteiger partial charge in [-0.15, -0.1) is 0 Å². The van der Waals surface area contributed by atoms with E-state index in [0.717, 1.165) is 50.3 Å². The van der Waals surface area contributed by atoms with Crippen molar-refractivity contribution >= 4 is 5.91 Å². The minimum Gasteiger partial charge on any atom is -0.381 e. The van der Waals surface area contributed by atoms with Gasteiger partial charge in [0, 0.05) is 31.2 Å². The van der Waals surface area contributed by atoms with Crippen molar-refractivity contribution in [1.29, 1.82) is 0 Å². The number of rotatable bonds is 6. The Kier molecular flexibility index (Phi) is 5.56. The van der Waals surface area contributed by atoms with Gasteiger partial charge in [-0.25, -0.2) is 0 Å². The van der Waals surface area contributed by atoms with Gasteiger partial charge < -0.3 is 15.4 Å². The molecule has 0 aliphatic carbocycles. The molecule has 0 aromatic heterocycles. The van der Waals surface area contributed by atoms with E-state index >= 15 is 0 Å². The van der Waals surface area contributed by atoms with E-state index in [-0.39, 0.29) is 5.91 Å². The molecule has 0 bridgehead atoms. The third-order valence-corrected chi connectivity index (χ3v) is 3.83. The molecule has 1 aromatic carbocycles. The highest BCUT2D eigenvalue weighted by atomic mass is 16.5. The molecule has 1 fully saturated rings. The topological polar surface area (TPSA) is 55.6 Å². The molecule has 1 aliphatic rings. The number of nitrogens with two attached hydrogens (primary N) is 1. The van der Waals surface area contributed by atoms with Gasteiger partial charge in [-0.1, -0.05) is 18.2 Å². The number of amides is 1. The molecule has 4 heteroatoms. The molecule has 2 rings (SSSR count). The first kappa shape index (κ1) is 15.0. The summed E-state index contributed by atoms with van der Waals surface area (Å²) in [4.78, 5) is 14.6. The van der Waals surface area contributed by atoms with Gasteiger partial charge in [-0.2, -0.15) is 0 Å². The molecular formula is C16H24N2O2. The van der Waals surface area contributed by atoms with Crippen LogP contribution in [0.5, 0.6) is 0 Å². The van der Waals surface area contributed by atoms with Crippen LogP contribution < -0.4 is 5.73 Å². The normalized spacial score (nSPS) is 18.2. The quantitative estimate of drug-likeness (QED) is 0.860. The molecular weight excluding hydrogens is 252 g/mol. The van der Waals surface area contributed by atoms with E-state index in [4.69, 9.17) is 10.5 Å². The lowest BCUT2D eigenvalue weighted by Crippen LogP contribution is -2.36. The van der Waals surface area contributed by atoms with Crippen LogP contribution in [-0.2, 0) is 11.2 Å². The Morgan fingerprint density at radius 3 is 2.90 bits per heavy atom. The SMILES string of the molecule is CCN(CC1CCOC1)C(=O)c1ccccc1CCN. The van der Waals surface area contributed by atoms with Crippen LogP contribution in [0, 0.1) is 5.92 Å². The molecule has 1 aromatic rings. The van der Waals surface area contributed by atoms with Gasteiger partial charge in [0.05, 0.1) is 6.61 Å². The third-order valence-electron chi connectivity index (χ3n) is 3.83. The van der Waals surface area contributed by atoms with Crippen LogP contribution in [0.1, 0.15) is 29.3 Å². The molecule has 1 saturated heterocycles. The Hall–Kier alpha value is -1.39. The van der Waals surface area contributed by atoms with Gasteiger partial charge in [-0.3, -0.25) is 4.79 Å². The van der Waals surface area contributed by atoms with Crippen LogP contribution in [0.4, 0.5) is 0 Å². The molecule has 1 amide bonds. The fraction of sp³-hybridized carbons (Fsp3) is 0.562. The molecule has 1 atom stereocenters. The molecule has 20 heavy (non-hydrogen) atoms. The predicted molar refractivity (Wildman–Crippen MR) is 79.7 cm³/mol. The van der Waals surface area contributed by atoms with Crippen LogP contribution in [-0.4, -0.2) is 43.7 Å². The summed E-state index contributed by atoms with van der Waals surface area (Å²) in [6, 6.07) is 7.77. The van der Waals surface area contributed by atoms with Gasteiger partial charge in [0.2, 0.25) is 0 Å². The Labute approximate surface area is 120 Å². The van der Waals surface area contributed by atoms with Gasteiger partial charge in [0.25, 0.3) is 5.91 Å². The number of hydrogen-bond acceptors (Lipinski definition) is 3. The molecule has 4 nitrogen and oxygen atoms in total. The van der Waals surface area contributed by atoms with Crippen LogP contribution in [0.25, 0.3) is 0 Å². The number of ether oxygens (including phenoxy) is 1. The predicted octanol–water partition coefficient (Wildman–Crippen LogP) is 1.69. The van der Waals surface area contributed by atoms with Gasteiger partial charge in [-0.05, 0) is 37.9 Å². The third kappa shape index (κ3) is 3.58. The summed E-state index contributed by atoms with van der Waals surface area (Å²) < 4.78 is 5.40. The number of carbonyl (C=O) groups excluding carboxylic acids is 1. The van der Waals surface area contributed by atoms with E-state index in [1.54, 1.807) is 0 Å². The van der Waals surface area contributed by atoms with Crippen molar-refractivity contribution < 1.29 is 9.53 Å². The Balaban J connectivity index is 2.10. The smallest absolute Gasteiger partial charge is 0.254 e. The Morgan fingerprint density at radius 1 is 1.45 bits per heavy atom. The molecule has 2 N–H and O–H groups in total. The van der Waals surface area contributed by atoms with Crippen molar-refractivity contribution in [1.82, 2.24) is 4.90 Å². The van der Waals surface area contributed by atoms with E-state index in [9.17, 15) is 4.79 Å². The molecule has 110 valence electrons. The summed E-state index contributed by atoms with van der Waals surface area (Å²) in [5.41, 5.74) is 7.46. The minimum absolute atomic E-state index is 0.114. The minimum atomic E-state index is 0.114. The van der Waals surface area contributed by atoms with Crippen LogP contribution in [0.3, 0.4) is 0 Å². The summed E-state index contributed by atoms with van der Waals surface area (Å²) >= 11 is 0. The highest BCUT2D eigenvalue weighted by Crippen LogP contribution is 2.17. The van der Waals surface area contributed by atoms with E-state index in [0.29, 0.717) is 12.5 Å². The maximum Gasteiger partial charge on any atom is 0.254 e. The zero-order valence-corrected chi connectivity index (χ0v) is 12.2. The molecule has 1 aliphatic heterocycles. The lowest BCUT2D eigenvalue weighted by atomic mass is 10.0. The summed E-state index contributed by atoms with van der Waals surface area (Å²) in [6.45, 7) is 5.69. The molecule has 0 saturated carbocycles. The van der Waals surface area contributed by atoms with Gasteiger partial charge in [0.15, 0.2) is 0 Å². The standard InChI is InChI=1S/C16H24N2O2/c1-2-18(11-13-8-10-20-12-13)16(19)15-6-4-3-5-14(15)7-9-17/h3-6,13H,2,7-12,17H2,1H3.